The van der Waals surface area contributed by atoms with Gasteiger partial charge in [0, 0.05) is 0 Å². The molecular formula is C5H10N3O3PSe. The van der Waals surface area contributed by atoms with Crippen LogP contribution in [0.4, 0.5) is 0 Å². The van der Waals surface area contributed by atoms with E-state index in [-0.39, 0.29) is 5.69 Å². The third-order valence-electron chi connectivity index (χ3n) is 1.00. The Balaban J connectivity index is 0.000000310. The Morgan fingerprint density at radius 3 is 2.38 bits per heavy atom. The van der Waals surface area contributed by atoms with Gasteiger partial charge < -0.3 is 9.79 Å². The number of hydrogen-bond donors (Lipinski definition) is 5. The van der Waals surface area contributed by atoms with Gasteiger partial charge in [-0.2, -0.15) is 0 Å². The van der Waals surface area contributed by atoms with Crippen molar-refractivity contribution in [3.05, 3.63) is 26.4 Å². The van der Waals surface area contributed by atoms with Gasteiger partial charge in [-0.3, -0.25) is 5.50 Å². The Bertz CT molecular complexity index is 358. The maximum Gasteiger partial charge on any atom is 0.247 e. The normalized spacial score (nSPS) is 9.31. The van der Waals surface area contributed by atoms with Crippen molar-refractivity contribution < 1.29 is 9.79 Å². The summed E-state index contributed by atoms with van der Waals surface area (Å²) >= 11 is 2.74. The fourth-order valence-corrected chi connectivity index (χ4v) is 0.795. The molecule has 13 heavy (non-hydrogen) atoms. The molecule has 0 amide bonds. The molecule has 0 radical (unpaired) electrons. The van der Waals surface area contributed by atoms with E-state index in [1.807, 2.05) is 6.92 Å². The van der Waals surface area contributed by atoms with E-state index in [4.69, 9.17) is 9.79 Å². The first-order valence-corrected chi connectivity index (χ1v) is 5.32. The SMILES string of the molecule is Cc1c[nH]c(=O)[nH]c1=[Se].NP(O)O. The predicted octanol–water partition coefficient (Wildman–Crippen LogP) is -1.13. The molecule has 6 nitrogen and oxygen atoms in total. The molecule has 0 bridgehead atoms. The number of rotatable bonds is 0. The molecule has 1 aromatic heterocycles. The molecule has 0 saturated heterocycles. The monoisotopic (exact) mass is 271 g/mol. The van der Waals surface area contributed by atoms with Crippen LogP contribution in [0.3, 0.4) is 0 Å². The zero-order valence-corrected chi connectivity index (χ0v) is 9.42. The summed E-state index contributed by atoms with van der Waals surface area (Å²) in [6.45, 7) is 1.90. The number of H-pyrrole nitrogens is 2. The van der Waals surface area contributed by atoms with Gasteiger partial charge in [-0.1, -0.05) is 0 Å². The zero-order valence-electron chi connectivity index (χ0n) is 6.81. The molecule has 0 aromatic carbocycles. The van der Waals surface area contributed by atoms with Crippen molar-refractivity contribution in [2.45, 2.75) is 6.92 Å². The fourth-order valence-electron chi connectivity index (χ4n) is 0.477. The van der Waals surface area contributed by atoms with E-state index in [9.17, 15) is 4.79 Å². The smallest absolute Gasteiger partial charge is 0.247 e. The molecule has 0 saturated carbocycles. The summed E-state index contributed by atoms with van der Waals surface area (Å²) in [6.07, 6.45) is 1.66. The number of aromatic amines is 2. The van der Waals surface area contributed by atoms with Crippen LogP contribution in [0.15, 0.2) is 11.0 Å². The van der Waals surface area contributed by atoms with Crippen molar-refractivity contribution in [1.82, 2.24) is 9.97 Å². The van der Waals surface area contributed by atoms with Crippen molar-refractivity contribution >= 4 is 24.1 Å². The molecule has 0 spiro atoms. The van der Waals surface area contributed by atoms with Gasteiger partial charge in [-0.05, 0) is 0 Å². The summed E-state index contributed by atoms with van der Waals surface area (Å²) in [5, 5.41) is 0. The van der Waals surface area contributed by atoms with Crippen LogP contribution >= 0.6 is 8.53 Å². The summed E-state index contributed by atoms with van der Waals surface area (Å²) in [4.78, 5) is 30.5. The molecule has 0 atom stereocenters. The van der Waals surface area contributed by atoms with Gasteiger partial charge in [-0.25, -0.2) is 0 Å². The fraction of sp³-hybridized carbons (Fsp3) is 0.200. The van der Waals surface area contributed by atoms with Crippen LogP contribution in [0.25, 0.3) is 0 Å². The number of aromatic nitrogens is 2. The molecular weight excluding hydrogens is 260 g/mol. The molecule has 0 unspecified atom stereocenters. The van der Waals surface area contributed by atoms with Crippen LogP contribution in [-0.4, -0.2) is 35.3 Å². The van der Waals surface area contributed by atoms with Gasteiger partial charge in [0.15, 0.2) is 0 Å². The summed E-state index contributed by atoms with van der Waals surface area (Å²) in [7, 11) is -2.12. The maximum absolute atomic E-state index is 10.5. The van der Waals surface area contributed by atoms with Crippen molar-refractivity contribution in [3.8, 4) is 0 Å². The van der Waals surface area contributed by atoms with E-state index in [0.717, 1.165) is 9.76 Å². The minimum absolute atomic E-state index is 0.186. The van der Waals surface area contributed by atoms with Gasteiger partial charge in [0.05, 0.1) is 0 Å². The molecule has 0 aliphatic carbocycles. The van der Waals surface area contributed by atoms with E-state index < -0.39 is 8.53 Å². The largest absolute Gasteiger partial charge is 0.338 e. The minimum atomic E-state index is -2.12. The third-order valence-corrected chi connectivity index (χ3v) is 1.89. The first kappa shape index (κ1) is 12.7. The van der Waals surface area contributed by atoms with E-state index in [0.29, 0.717) is 0 Å². The van der Waals surface area contributed by atoms with E-state index in [1.54, 1.807) is 6.20 Å². The Hall–Kier alpha value is -0.291. The second-order valence-corrected chi connectivity index (χ2v) is 3.57. The number of nitrogens with two attached hydrogens (primary N) is 1. The van der Waals surface area contributed by atoms with Crippen LogP contribution < -0.4 is 11.2 Å². The van der Waals surface area contributed by atoms with Gasteiger partial charge in [0.25, 0.3) is 0 Å². The average molecular weight is 270 g/mol. The van der Waals surface area contributed by atoms with Crippen LogP contribution in [-0.2, 0) is 0 Å². The van der Waals surface area contributed by atoms with E-state index in [2.05, 4.69) is 31.0 Å². The van der Waals surface area contributed by atoms with Crippen molar-refractivity contribution in [1.29, 1.82) is 0 Å². The van der Waals surface area contributed by atoms with Gasteiger partial charge in [-0.15, -0.1) is 0 Å². The molecule has 1 heterocycles. The first-order valence-electron chi connectivity index (χ1n) is 3.14. The van der Waals surface area contributed by atoms with Crippen LogP contribution in [0, 0.1) is 11.1 Å². The Morgan fingerprint density at radius 2 is 2.08 bits per heavy atom. The van der Waals surface area contributed by atoms with Gasteiger partial charge in [0.1, 0.15) is 0 Å². The number of nitrogens with one attached hydrogen (secondary N) is 2. The summed E-state index contributed by atoms with van der Waals surface area (Å²) in [6, 6.07) is 0. The Labute approximate surface area is 83.2 Å². The molecule has 6 N–H and O–H groups in total. The van der Waals surface area contributed by atoms with Crippen LogP contribution in [0.5, 0.6) is 0 Å². The molecule has 1 aromatic rings. The molecule has 0 fully saturated rings. The van der Waals surface area contributed by atoms with Crippen LogP contribution in [0.1, 0.15) is 5.56 Å². The quantitative estimate of drug-likeness (QED) is 0.303. The van der Waals surface area contributed by atoms with Crippen molar-refractivity contribution in [3.63, 3.8) is 0 Å². The average Bonchev–Trinajstić information content (AvgIpc) is 1.96. The number of aryl methyl sites for hydroxylation is 1. The van der Waals surface area contributed by atoms with Gasteiger partial charge >= 0.3 is 58.9 Å². The van der Waals surface area contributed by atoms with Crippen molar-refractivity contribution in [2.75, 3.05) is 0 Å². The zero-order chi connectivity index (χ0) is 10.4. The molecule has 74 valence electrons. The van der Waals surface area contributed by atoms with Crippen LogP contribution in [0.2, 0.25) is 0 Å². The van der Waals surface area contributed by atoms with E-state index in [1.165, 1.54) is 0 Å². The first-order chi connectivity index (χ1) is 5.93. The Kier molecular flexibility index (Phi) is 6.07. The molecule has 0 aliphatic rings. The molecule has 1 rings (SSSR count). The van der Waals surface area contributed by atoms with E-state index >= 15 is 0 Å². The molecule has 0 aliphatic heterocycles. The Morgan fingerprint density at radius 1 is 1.62 bits per heavy atom. The number of hydrogen-bond acceptors (Lipinski definition) is 4. The summed E-state index contributed by atoms with van der Waals surface area (Å²) in [5.41, 5.74) is 5.11. The summed E-state index contributed by atoms with van der Waals surface area (Å²) in [5.74, 6) is 0. The second kappa shape index (κ2) is 6.21. The topological polar surface area (TPSA) is 115 Å². The minimum Gasteiger partial charge on any atom is -0.338 e. The third kappa shape index (κ3) is 6.83. The van der Waals surface area contributed by atoms with Gasteiger partial charge in [0.2, 0.25) is 8.53 Å². The summed E-state index contributed by atoms with van der Waals surface area (Å²) < 4.78 is 0.791. The standard InChI is InChI=1S/C5H6N2OSe.H4NO2P/c1-3-2-6-5(8)7-4(3)9;1-4(2)3/h2H,1H3,(H2,6,7,8,9);2-3H,1H2. The second-order valence-electron chi connectivity index (χ2n) is 2.08. The maximum atomic E-state index is 10.5. The predicted molar refractivity (Wildman–Crippen MR) is 50.7 cm³/mol. The molecule has 8 heteroatoms. The van der Waals surface area contributed by atoms with Crippen molar-refractivity contribution in [2.24, 2.45) is 5.50 Å².